The van der Waals surface area contributed by atoms with Gasteiger partial charge < -0.3 is 4.74 Å². The van der Waals surface area contributed by atoms with Gasteiger partial charge in [-0.3, -0.25) is 0 Å². The van der Waals surface area contributed by atoms with Crippen molar-refractivity contribution in [1.82, 2.24) is 0 Å². The van der Waals surface area contributed by atoms with E-state index in [4.69, 9.17) is 4.74 Å². The molecule has 16 heavy (non-hydrogen) atoms. The smallest absolute Gasteiger partial charge is 0.338 e. The molecular weight excluding hydrogens is 200 g/mol. The van der Waals surface area contributed by atoms with Gasteiger partial charge in [-0.25, -0.2) is 4.79 Å². The van der Waals surface area contributed by atoms with Crippen LogP contribution >= 0.6 is 0 Å². The SMILES string of the molecule is CCOC(=O)c1ccc(CC)c2c1CCC2. The number of carbonyl (C=O) groups is 1. The van der Waals surface area contributed by atoms with Crippen LogP contribution in [0.25, 0.3) is 0 Å². The van der Waals surface area contributed by atoms with Crippen LogP contribution in [-0.2, 0) is 24.0 Å². The molecule has 0 heterocycles. The van der Waals surface area contributed by atoms with Crippen molar-refractivity contribution in [1.29, 1.82) is 0 Å². The Labute approximate surface area is 96.6 Å². The summed E-state index contributed by atoms with van der Waals surface area (Å²) in [5.41, 5.74) is 4.80. The molecule has 0 spiro atoms. The first-order valence-electron chi connectivity index (χ1n) is 6.08. The van der Waals surface area contributed by atoms with E-state index in [1.807, 2.05) is 13.0 Å². The zero-order valence-corrected chi connectivity index (χ0v) is 10.0. The van der Waals surface area contributed by atoms with Gasteiger partial charge in [0.2, 0.25) is 0 Å². The van der Waals surface area contributed by atoms with Crippen molar-refractivity contribution in [3.8, 4) is 0 Å². The minimum absolute atomic E-state index is 0.164. The fourth-order valence-electron chi connectivity index (χ4n) is 2.51. The molecule has 0 aliphatic heterocycles. The van der Waals surface area contributed by atoms with Crippen LogP contribution in [0.5, 0.6) is 0 Å². The maximum absolute atomic E-state index is 11.8. The van der Waals surface area contributed by atoms with Gasteiger partial charge in [0.15, 0.2) is 0 Å². The van der Waals surface area contributed by atoms with E-state index >= 15 is 0 Å². The highest BCUT2D eigenvalue weighted by molar-refractivity contribution is 5.92. The first-order chi connectivity index (χ1) is 7.77. The van der Waals surface area contributed by atoms with Crippen molar-refractivity contribution in [3.05, 3.63) is 34.4 Å². The lowest BCUT2D eigenvalue weighted by molar-refractivity contribution is 0.0525. The molecule has 1 aliphatic carbocycles. The summed E-state index contributed by atoms with van der Waals surface area (Å²) in [5, 5.41) is 0. The number of hydrogen-bond acceptors (Lipinski definition) is 2. The van der Waals surface area contributed by atoms with Crippen LogP contribution in [0.15, 0.2) is 12.1 Å². The highest BCUT2D eigenvalue weighted by Gasteiger charge is 2.21. The Kier molecular flexibility index (Phi) is 3.28. The molecule has 0 aromatic heterocycles. The number of esters is 1. The van der Waals surface area contributed by atoms with Crippen LogP contribution in [0.1, 0.15) is 47.3 Å². The number of fused-ring (bicyclic) bond motifs is 1. The minimum atomic E-state index is -0.164. The molecule has 2 rings (SSSR count). The number of carbonyl (C=O) groups excluding carboxylic acids is 1. The molecule has 0 amide bonds. The Morgan fingerprint density at radius 3 is 2.69 bits per heavy atom. The summed E-state index contributed by atoms with van der Waals surface area (Å²) in [5.74, 6) is -0.164. The third-order valence-electron chi connectivity index (χ3n) is 3.26. The quantitative estimate of drug-likeness (QED) is 0.729. The van der Waals surface area contributed by atoms with Gasteiger partial charge in [-0.2, -0.15) is 0 Å². The lowest BCUT2D eigenvalue weighted by Crippen LogP contribution is -2.09. The third-order valence-corrected chi connectivity index (χ3v) is 3.26. The molecule has 0 fully saturated rings. The van der Waals surface area contributed by atoms with E-state index in [0.29, 0.717) is 6.61 Å². The number of benzene rings is 1. The van der Waals surface area contributed by atoms with Gasteiger partial charge in [0, 0.05) is 0 Å². The second kappa shape index (κ2) is 4.69. The molecule has 0 saturated heterocycles. The topological polar surface area (TPSA) is 26.3 Å². The molecule has 1 aliphatic rings. The van der Waals surface area contributed by atoms with Crippen LogP contribution in [0.4, 0.5) is 0 Å². The van der Waals surface area contributed by atoms with Crippen LogP contribution in [0.3, 0.4) is 0 Å². The Balaban J connectivity index is 2.41. The largest absolute Gasteiger partial charge is 0.462 e. The standard InChI is InChI=1S/C14H18O2/c1-3-10-8-9-13(14(15)16-4-2)12-7-5-6-11(10)12/h8-9H,3-7H2,1-2H3. The predicted octanol–water partition coefficient (Wildman–Crippen LogP) is 2.91. The summed E-state index contributed by atoms with van der Waals surface area (Å²) in [7, 11) is 0. The molecule has 86 valence electrons. The van der Waals surface area contributed by atoms with Crippen molar-refractivity contribution in [3.63, 3.8) is 0 Å². The van der Waals surface area contributed by atoms with Crippen molar-refractivity contribution in [2.24, 2.45) is 0 Å². The molecule has 0 unspecified atom stereocenters. The highest BCUT2D eigenvalue weighted by Crippen LogP contribution is 2.29. The fraction of sp³-hybridized carbons (Fsp3) is 0.500. The van der Waals surface area contributed by atoms with Crippen molar-refractivity contribution in [2.45, 2.75) is 39.5 Å². The van der Waals surface area contributed by atoms with E-state index < -0.39 is 0 Å². The molecule has 0 saturated carbocycles. The van der Waals surface area contributed by atoms with Crippen LogP contribution < -0.4 is 0 Å². The minimum Gasteiger partial charge on any atom is -0.462 e. The normalized spacial score (nSPS) is 13.6. The van der Waals surface area contributed by atoms with Crippen LogP contribution in [-0.4, -0.2) is 12.6 Å². The summed E-state index contributed by atoms with van der Waals surface area (Å²) < 4.78 is 5.09. The third kappa shape index (κ3) is 1.84. The van der Waals surface area contributed by atoms with Crippen molar-refractivity contribution >= 4 is 5.97 Å². The molecule has 0 radical (unpaired) electrons. The van der Waals surface area contributed by atoms with Gasteiger partial charge in [0.05, 0.1) is 12.2 Å². The Bertz CT molecular complexity index is 407. The Hall–Kier alpha value is -1.31. The molecule has 0 bridgehead atoms. The lowest BCUT2D eigenvalue weighted by atomic mass is 9.97. The Morgan fingerprint density at radius 2 is 2.00 bits per heavy atom. The lowest BCUT2D eigenvalue weighted by Gasteiger charge is -2.11. The molecule has 1 aromatic rings. The molecule has 2 nitrogen and oxygen atoms in total. The first kappa shape index (κ1) is 11.2. The summed E-state index contributed by atoms with van der Waals surface area (Å²) in [6.45, 7) is 4.46. The van der Waals surface area contributed by atoms with Gasteiger partial charge in [0.25, 0.3) is 0 Å². The zero-order chi connectivity index (χ0) is 11.5. The van der Waals surface area contributed by atoms with Crippen LogP contribution in [0.2, 0.25) is 0 Å². The number of hydrogen-bond donors (Lipinski definition) is 0. The number of rotatable bonds is 3. The average Bonchev–Trinajstić information content (AvgIpc) is 2.76. The van der Waals surface area contributed by atoms with E-state index in [0.717, 1.165) is 24.8 Å². The number of ether oxygens (including phenoxy) is 1. The summed E-state index contributed by atoms with van der Waals surface area (Å²) in [6, 6.07) is 4.01. The highest BCUT2D eigenvalue weighted by atomic mass is 16.5. The maximum Gasteiger partial charge on any atom is 0.338 e. The summed E-state index contributed by atoms with van der Waals surface area (Å²) >= 11 is 0. The second-order valence-corrected chi connectivity index (χ2v) is 4.16. The fourth-order valence-corrected chi connectivity index (χ4v) is 2.51. The maximum atomic E-state index is 11.8. The molecule has 1 aromatic carbocycles. The van der Waals surface area contributed by atoms with Gasteiger partial charge in [-0.05, 0) is 55.4 Å². The van der Waals surface area contributed by atoms with Crippen molar-refractivity contribution < 1.29 is 9.53 Å². The van der Waals surface area contributed by atoms with E-state index in [9.17, 15) is 4.79 Å². The number of aryl methyl sites for hydroxylation is 1. The molecular formula is C14H18O2. The Morgan fingerprint density at radius 1 is 1.25 bits per heavy atom. The molecule has 0 N–H and O–H groups in total. The average molecular weight is 218 g/mol. The van der Waals surface area contributed by atoms with Gasteiger partial charge in [0.1, 0.15) is 0 Å². The predicted molar refractivity (Wildman–Crippen MR) is 63.8 cm³/mol. The van der Waals surface area contributed by atoms with E-state index in [1.165, 1.54) is 23.1 Å². The van der Waals surface area contributed by atoms with Crippen molar-refractivity contribution in [2.75, 3.05) is 6.61 Å². The van der Waals surface area contributed by atoms with E-state index in [-0.39, 0.29) is 5.97 Å². The molecule has 0 atom stereocenters. The van der Waals surface area contributed by atoms with Gasteiger partial charge in [-0.1, -0.05) is 13.0 Å². The van der Waals surface area contributed by atoms with Crippen LogP contribution in [0, 0.1) is 0 Å². The second-order valence-electron chi connectivity index (χ2n) is 4.16. The monoisotopic (exact) mass is 218 g/mol. The van der Waals surface area contributed by atoms with Gasteiger partial charge in [-0.15, -0.1) is 0 Å². The molecule has 2 heteroatoms. The summed E-state index contributed by atoms with van der Waals surface area (Å²) in [6.07, 6.45) is 4.35. The zero-order valence-electron chi connectivity index (χ0n) is 10.0. The van der Waals surface area contributed by atoms with E-state index in [1.54, 1.807) is 0 Å². The van der Waals surface area contributed by atoms with E-state index in [2.05, 4.69) is 13.0 Å². The first-order valence-corrected chi connectivity index (χ1v) is 6.08. The van der Waals surface area contributed by atoms with Gasteiger partial charge >= 0.3 is 5.97 Å². The summed E-state index contributed by atoms with van der Waals surface area (Å²) in [4.78, 5) is 11.8.